The van der Waals surface area contributed by atoms with Crippen molar-refractivity contribution in [3.05, 3.63) is 29.6 Å². The number of fused-ring (bicyclic) bond motifs is 1. The molecule has 1 atom stereocenters. The van der Waals surface area contributed by atoms with Gasteiger partial charge in [-0.1, -0.05) is 6.07 Å². The maximum absolute atomic E-state index is 5.59. The maximum atomic E-state index is 5.59. The van der Waals surface area contributed by atoms with Crippen LogP contribution in [0.5, 0.6) is 0 Å². The van der Waals surface area contributed by atoms with E-state index in [2.05, 4.69) is 11.1 Å². The van der Waals surface area contributed by atoms with Gasteiger partial charge in [-0.3, -0.25) is 4.98 Å². The number of hydrogen-bond donors (Lipinski definition) is 1. The summed E-state index contributed by atoms with van der Waals surface area (Å²) in [6.45, 7) is 0.778. The summed E-state index contributed by atoms with van der Waals surface area (Å²) >= 11 is 0. The Kier molecular flexibility index (Phi) is 2.60. The lowest BCUT2D eigenvalue weighted by molar-refractivity contribution is 0.512. The molecule has 0 amide bonds. The van der Waals surface area contributed by atoms with Crippen molar-refractivity contribution in [3.63, 3.8) is 0 Å². The van der Waals surface area contributed by atoms with Crippen molar-refractivity contribution in [1.29, 1.82) is 0 Å². The molecule has 0 radical (unpaired) electrons. The summed E-state index contributed by atoms with van der Waals surface area (Å²) in [4.78, 5) is 4.46. The lowest BCUT2D eigenvalue weighted by atomic mass is 9.85. The molecule has 0 spiro atoms. The Labute approximate surface area is 79.2 Å². The number of nitrogens with zero attached hydrogens (tertiary/aromatic N) is 1. The smallest absolute Gasteiger partial charge is 0.0466 e. The van der Waals surface area contributed by atoms with Crippen LogP contribution in [0.1, 0.15) is 36.4 Å². The van der Waals surface area contributed by atoms with Crippen LogP contribution in [-0.2, 0) is 6.42 Å². The predicted molar refractivity (Wildman–Crippen MR) is 53.6 cm³/mol. The molecule has 1 heterocycles. The Morgan fingerprint density at radius 1 is 1.54 bits per heavy atom. The van der Waals surface area contributed by atoms with E-state index in [-0.39, 0.29) is 0 Å². The summed E-state index contributed by atoms with van der Waals surface area (Å²) < 4.78 is 0. The molecule has 1 aromatic heterocycles. The number of aromatic nitrogens is 1. The van der Waals surface area contributed by atoms with Gasteiger partial charge in [-0.25, -0.2) is 0 Å². The molecule has 1 aromatic rings. The third-order valence-electron chi connectivity index (χ3n) is 2.83. The highest BCUT2D eigenvalue weighted by Gasteiger charge is 2.19. The number of pyridine rings is 1. The molecule has 2 heteroatoms. The van der Waals surface area contributed by atoms with Crippen molar-refractivity contribution in [2.75, 3.05) is 6.54 Å². The minimum absolute atomic E-state index is 0.620. The third-order valence-corrected chi connectivity index (χ3v) is 2.83. The van der Waals surface area contributed by atoms with Gasteiger partial charge in [0, 0.05) is 17.8 Å². The standard InChI is InChI=1S/C11H16N2/c12-7-6-10-4-1-3-9-5-2-8-13-11(9)10/h2,5,8,10H,1,3-4,6-7,12H2. The van der Waals surface area contributed by atoms with Gasteiger partial charge in [0.2, 0.25) is 0 Å². The predicted octanol–water partition coefficient (Wildman–Crippen LogP) is 1.85. The van der Waals surface area contributed by atoms with Crippen LogP contribution in [-0.4, -0.2) is 11.5 Å². The molecule has 1 unspecified atom stereocenters. The molecule has 2 rings (SSSR count). The summed E-state index contributed by atoms with van der Waals surface area (Å²) in [6, 6.07) is 4.23. The average molecular weight is 176 g/mol. The van der Waals surface area contributed by atoms with Crippen LogP contribution in [0.3, 0.4) is 0 Å². The van der Waals surface area contributed by atoms with Gasteiger partial charge in [-0.15, -0.1) is 0 Å². The van der Waals surface area contributed by atoms with Crippen LogP contribution in [0.4, 0.5) is 0 Å². The molecule has 1 aliphatic rings. The lowest BCUT2D eigenvalue weighted by Crippen LogP contribution is -2.15. The van der Waals surface area contributed by atoms with E-state index in [9.17, 15) is 0 Å². The van der Waals surface area contributed by atoms with E-state index in [0.29, 0.717) is 5.92 Å². The Balaban J connectivity index is 2.26. The fourth-order valence-electron chi connectivity index (χ4n) is 2.19. The zero-order chi connectivity index (χ0) is 9.10. The molecule has 0 fully saturated rings. The summed E-state index contributed by atoms with van der Waals surface area (Å²) in [6.07, 6.45) is 6.74. The van der Waals surface area contributed by atoms with Crippen LogP contribution in [0, 0.1) is 0 Å². The SMILES string of the molecule is NCCC1CCCc2cccnc21. The molecule has 0 saturated carbocycles. The van der Waals surface area contributed by atoms with Crippen molar-refractivity contribution in [1.82, 2.24) is 4.98 Å². The minimum Gasteiger partial charge on any atom is -0.330 e. The molecular weight excluding hydrogens is 160 g/mol. The highest BCUT2D eigenvalue weighted by atomic mass is 14.7. The van der Waals surface area contributed by atoms with Crippen LogP contribution in [0.2, 0.25) is 0 Å². The highest BCUT2D eigenvalue weighted by molar-refractivity contribution is 5.25. The first-order chi connectivity index (χ1) is 6.42. The Bertz CT molecular complexity index is 283. The first-order valence-electron chi connectivity index (χ1n) is 5.05. The van der Waals surface area contributed by atoms with E-state index >= 15 is 0 Å². The van der Waals surface area contributed by atoms with Crippen molar-refractivity contribution < 1.29 is 0 Å². The van der Waals surface area contributed by atoms with Gasteiger partial charge in [0.15, 0.2) is 0 Å². The van der Waals surface area contributed by atoms with E-state index in [4.69, 9.17) is 5.73 Å². The Hall–Kier alpha value is -0.890. The van der Waals surface area contributed by atoms with Crippen molar-refractivity contribution >= 4 is 0 Å². The second-order valence-electron chi connectivity index (χ2n) is 3.71. The average Bonchev–Trinajstić information content (AvgIpc) is 2.19. The monoisotopic (exact) mass is 176 g/mol. The summed E-state index contributed by atoms with van der Waals surface area (Å²) in [5.41, 5.74) is 8.33. The molecule has 1 aliphatic carbocycles. The molecule has 2 nitrogen and oxygen atoms in total. The molecule has 2 N–H and O–H groups in total. The van der Waals surface area contributed by atoms with Crippen molar-refractivity contribution in [2.24, 2.45) is 5.73 Å². The number of aryl methyl sites for hydroxylation is 1. The fraction of sp³-hybridized carbons (Fsp3) is 0.545. The van der Waals surface area contributed by atoms with E-state index in [1.807, 2.05) is 12.3 Å². The molecule has 0 bridgehead atoms. The van der Waals surface area contributed by atoms with Gasteiger partial charge in [0.25, 0.3) is 0 Å². The van der Waals surface area contributed by atoms with Gasteiger partial charge in [0.05, 0.1) is 0 Å². The van der Waals surface area contributed by atoms with E-state index in [1.54, 1.807) is 0 Å². The zero-order valence-electron chi connectivity index (χ0n) is 7.87. The van der Waals surface area contributed by atoms with Crippen LogP contribution in [0.15, 0.2) is 18.3 Å². The topological polar surface area (TPSA) is 38.9 Å². The summed E-state index contributed by atoms with van der Waals surface area (Å²) in [5, 5.41) is 0. The molecular formula is C11H16N2. The van der Waals surface area contributed by atoms with E-state index in [1.165, 1.54) is 30.5 Å². The third kappa shape index (κ3) is 1.73. The molecule has 0 aromatic carbocycles. The highest BCUT2D eigenvalue weighted by Crippen LogP contribution is 2.31. The van der Waals surface area contributed by atoms with Crippen molar-refractivity contribution in [2.45, 2.75) is 31.6 Å². The summed E-state index contributed by atoms with van der Waals surface area (Å²) in [7, 11) is 0. The van der Waals surface area contributed by atoms with Gasteiger partial charge in [0.1, 0.15) is 0 Å². The van der Waals surface area contributed by atoms with Crippen molar-refractivity contribution in [3.8, 4) is 0 Å². The number of hydrogen-bond acceptors (Lipinski definition) is 2. The van der Waals surface area contributed by atoms with Gasteiger partial charge in [-0.2, -0.15) is 0 Å². The largest absolute Gasteiger partial charge is 0.330 e. The van der Waals surface area contributed by atoms with Crippen LogP contribution < -0.4 is 5.73 Å². The molecule has 13 heavy (non-hydrogen) atoms. The summed E-state index contributed by atoms with van der Waals surface area (Å²) in [5.74, 6) is 0.620. The zero-order valence-corrected chi connectivity index (χ0v) is 7.87. The Morgan fingerprint density at radius 2 is 2.46 bits per heavy atom. The van der Waals surface area contributed by atoms with E-state index < -0.39 is 0 Å². The van der Waals surface area contributed by atoms with Crippen LogP contribution >= 0.6 is 0 Å². The van der Waals surface area contributed by atoms with Crippen LogP contribution in [0.25, 0.3) is 0 Å². The normalized spacial score (nSPS) is 21.2. The molecule has 70 valence electrons. The maximum Gasteiger partial charge on any atom is 0.0466 e. The van der Waals surface area contributed by atoms with Gasteiger partial charge < -0.3 is 5.73 Å². The second-order valence-corrected chi connectivity index (χ2v) is 3.71. The quantitative estimate of drug-likeness (QED) is 0.747. The molecule has 0 aliphatic heterocycles. The first kappa shape index (κ1) is 8.70. The first-order valence-corrected chi connectivity index (χ1v) is 5.05. The fourth-order valence-corrected chi connectivity index (χ4v) is 2.19. The number of nitrogens with two attached hydrogens (primary N) is 1. The lowest BCUT2D eigenvalue weighted by Gasteiger charge is -2.23. The second kappa shape index (κ2) is 3.88. The Morgan fingerprint density at radius 3 is 3.31 bits per heavy atom. The minimum atomic E-state index is 0.620. The van der Waals surface area contributed by atoms with Gasteiger partial charge in [-0.05, 0) is 43.9 Å². The number of rotatable bonds is 2. The molecule has 0 saturated heterocycles. The van der Waals surface area contributed by atoms with Gasteiger partial charge >= 0.3 is 0 Å². The van der Waals surface area contributed by atoms with E-state index in [0.717, 1.165) is 13.0 Å².